The Kier molecular flexibility index (Phi) is 4.33. The Morgan fingerprint density at radius 2 is 1.41 bits per heavy atom. The van der Waals surface area contributed by atoms with E-state index in [0.717, 1.165) is 4.90 Å². The minimum absolute atomic E-state index is 0.126. The summed E-state index contributed by atoms with van der Waals surface area (Å²) >= 11 is 0. The van der Waals surface area contributed by atoms with E-state index in [1.54, 1.807) is 0 Å². The standard InChI is InChI=1S/C9H14F3N3O2/c10-9(11,12)5-7(16)14-1-3-15(4-2-14)8(17)6-13/h1-6,13H2. The Morgan fingerprint density at radius 1 is 1.00 bits per heavy atom. The van der Waals surface area contributed by atoms with Crippen LogP contribution in [0.1, 0.15) is 6.42 Å². The molecule has 0 unspecified atom stereocenters. The second-order valence-electron chi connectivity index (χ2n) is 3.76. The van der Waals surface area contributed by atoms with Gasteiger partial charge in [0, 0.05) is 26.2 Å². The lowest BCUT2D eigenvalue weighted by Crippen LogP contribution is -2.52. The average Bonchev–Trinajstić information content (AvgIpc) is 2.26. The zero-order chi connectivity index (χ0) is 13.1. The van der Waals surface area contributed by atoms with Gasteiger partial charge < -0.3 is 15.5 Å². The summed E-state index contributed by atoms with van der Waals surface area (Å²) in [4.78, 5) is 25.0. The van der Waals surface area contributed by atoms with Crippen molar-refractivity contribution in [3.8, 4) is 0 Å². The Bertz CT molecular complexity index is 298. The molecular weight excluding hydrogens is 239 g/mol. The molecule has 1 saturated heterocycles. The molecule has 2 amide bonds. The molecule has 0 saturated carbocycles. The molecule has 1 rings (SSSR count). The molecular formula is C9H14F3N3O2. The molecule has 0 radical (unpaired) electrons. The third kappa shape index (κ3) is 4.22. The second kappa shape index (κ2) is 5.35. The van der Waals surface area contributed by atoms with Crippen LogP contribution in [0, 0.1) is 0 Å². The first-order valence-electron chi connectivity index (χ1n) is 5.16. The van der Waals surface area contributed by atoms with E-state index in [0.29, 0.717) is 0 Å². The molecule has 1 aliphatic heterocycles. The number of amides is 2. The number of nitrogens with two attached hydrogens (primary N) is 1. The van der Waals surface area contributed by atoms with Crippen LogP contribution in [-0.2, 0) is 9.59 Å². The van der Waals surface area contributed by atoms with Crippen molar-refractivity contribution in [1.29, 1.82) is 0 Å². The lowest BCUT2D eigenvalue weighted by molar-refractivity contribution is -0.163. The van der Waals surface area contributed by atoms with Crippen LogP contribution in [0.5, 0.6) is 0 Å². The number of hydrogen-bond acceptors (Lipinski definition) is 3. The highest BCUT2D eigenvalue weighted by Gasteiger charge is 2.34. The number of nitrogens with zero attached hydrogens (tertiary/aromatic N) is 2. The molecule has 0 aromatic carbocycles. The monoisotopic (exact) mass is 253 g/mol. The molecule has 2 N–H and O–H groups in total. The molecule has 17 heavy (non-hydrogen) atoms. The molecule has 0 atom stereocenters. The maximum atomic E-state index is 12.0. The van der Waals surface area contributed by atoms with Crippen molar-refractivity contribution in [2.75, 3.05) is 32.7 Å². The van der Waals surface area contributed by atoms with Gasteiger partial charge in [-0.15, -0.1) is 0 Å². The van der Waals surface area contributed by atoms with Crippen molar-refractivity contribution in [3.63, 3.8) is 0 Å². The lowest BCUT2D eigenvalue weighted by atomic mass is 10.2. The van der Waals surface area contributed by atoms with Gasteiger partial charge in [-0.2, -0.15) is 13.2 Å². The van der Waals surface area contributed by atoms with Gasteiger partial charge in [0.05, 0.1) is 6.54 Å². The molecule has 1 heterocycles. The molecule has 1 fully saturated rings. The summed E-state index contributed by atoms with van der Waals surface area (Å²) in [5.74, 6) is -1.20. The first-order valence-corrected chi connectivity index (χ1v) is 5.16. The van der Waals surface area contributed by atoms with Crippen LogP contribution in [0.3, 0.4) is 0 Å². The van der Waals surface area contributed by atoms with Crippen molar-refractivity contribution in [2.24, 2.45) is 5.73 Å². The van der Waals surface area contributed by atoms with Gasteiger partial charge in [0.1, 0.15) is 6.42 Å². The van der Waals surface area contributed by atoms with Gasteiger partial charge in [-0.05, 0) is 0 Å². The molecule has 0 aromatic heterocycles. The summed E-state index contributed by atoms with van der Waals surface area (Å²) in [5.41, 5.74) is 5.16. The SMILES string of the molecule is NCC(=O)N1CCN(C(=O)CC(F)(F)F)CC1. The highest BCUT2D eigenvalue weighted by Crippen LogP contribution is 2.21. The molecule has 0 spiro atoms. The van der Waals surface area contributed by atoms with E-state index in [1.165, 1.54) is 4.90 Å². The number of hydrogen-bond donors (Lipinski definition) is 1. The van der Waals surface area contributed by atoms with Gasteiger partial charge in [0.2, 0.25) is 11.8 Å². The first kappa shape index (κ1) is 13.8. The third-order valence-electron chi connectivity index (χ3n) is 2.51. The predicted molar refractivity (Wildman–Crippen MR) is 52.9 cm³/mol. The van der Waals surface area contributed by atoms with E-state index < -0.39 is 18.5 Å². The second-order valence-corrected chi connectivity index (χ2v) is 3.76. The summed E-state index contributed by atoms with van der Waals surface area (Å²) in [6.45, 7) is 0.594. The minimum Gasteiger partial charge on any atom is -0.339 e. The van der Waals surface area contributed by atoms with E-state index in [1.807, 2.05) is 0 Å². The smallest absolute Gasteiger partial charge is 0.339 e. The average molecular weight is 253 g/mol. The number of carbonyl (C=O) groups is 2. The maximum Gasteiger partial charge on any atom is 0.397 e. The van der Waals surface area contributed by atoms with Crippen molar-refractivity contribution < 1.29 is 22.8 Å². The molecule has 0 aliphatic carbocycles. The highest BCUT2D eigenvalue weighted by atomic mass is 19.4. The minimum atomic E-state index is -4.48. The normalized spacial score (nSPS) is 17.2. The van der Waals surface area contributed by atoms with Crippen molar-refractivity contribution in [3.05, 3.63) is 0 Å². The predicted octanol–water partition coefficient (Wildman–Crippen LogP) is -0.432. The molecule has 1 aliphatic rings. The van der Waals surface area contributed by atoms with Crippen LogP contribution in [0.25, 0.3) is 0 Å². The Morgan fingerprint density at radius 3 is 1.76 bits per heavy atom. The summed E-state index contributed by atoms with van der Waals surface area (Å²) in [6, 6.07) is 0. The zero-order valence-corrected chi connectivity index (χ0v) is 9.16. The van der Waals surface area contributed by atoms with E-state index in [9.17, 15) is 22.8 Å². The van der Waals surface area contributed by atoms with Gasteiger partial charge in [-0.3, -0.25) is 9.59 Å². The van der Waals surface area contributed by atoms with Crippen LogP contribution in [0.4, 0.5) is 13.2 Å². The van der Waals surface area contributed by atoms with Crippen LogP contribution in [0.2, 0.25) is 0 Å². The zero-order valence-electron chi connectivity index (χ0n) is 9.16. The molecule has 98 valence electrons. The molecule has 0 aromatic rings. The topological polar surface area (TPSA) is 66.6 Å². The summed E-state index contributed by atoms with van der Waals surface area (Å²) < 4.78 is 36.0. The fraction of sp³-hybridized carbons (Fsp3) is 0.778. The number of halogens is 3. The van der Waals surface area contributed by atoms with Crippen LogP contribution in [0.15, 0.2) is 0 Å². The van der Waals surface area contributed by atoms with Crippen molar-refractivity contribution in [1.82, 2.24) is 9.80 Å². The molecule has 5 nitrogen and oxygen atoms in total. The van der Waals surface area contributed by atoms with Crippen LogP contribution in [-0.4, -0.2) is 60.5 Å². The van der Waals surface area contributed by atoms with E-state index in [4.69, 9.17) is 5.73 Å². The fourth-order valence-corrected chi connectivity index (χ4v) is 1.62. The number of rotatable bonds is 2. The Labute approximate surface area is 96.3 Å². The van der Waals surface area contributed by atoms with Crippen molar-refractivity contribution in [2.45, 2.75) is 12.6 Å². The quantitative estimate of drug-likeness (QED) is 0.726. The van der Waals surface area contributed by atoms with E-state index >= 15 is 0 Å². The summed E-state index contributed by atoms with van der Waals surface area (Å²) in [5, 5.41) is 0. The highest BCUT2D eigenvalue weighted by molar-refractivity contribution is 5.79. The number of carbonyl (C=O) groups excluding carboxylic acids is 2. The maximum absolute atomic E-state index is 12.0. The van der Waals surface area contributed by atoms with Gasteiger partial charge in [-0.25, -0.2) is 0 Å². The van der Waals surface area contributed by atoms with E-state index in [2.05, 4.69) is 0 Å². The van der Waals surface area contributed by atoms with E-state index in [-0.39, 0.29) is 38.6 Å². The summed E-state index contributed by atoms with van der Waals surface area (Å²) in [7, 11) is 0. The van der Waals surface area contributed by atoms with Crippen LogP contribution >= 0.6 is 0 Å². The van der Waals surface area contributed by atoms with Gasteiger partial charge in [0.15, 0.2) is 0 Å². The lowest BCUT2D eigenvalue weighted by Gasteiger charge is -2.34. The van der Waals surface area contributed by atoms with Crippen LogP contribution < -0.4 is 5.73 Å². The Hall–Kier alpha value is -1.31. The van der Waals surface area contributed by atoms with Gasteiger partial charge >= 0.3 is 6.18 Å². The van der Waals surface area contributed by atoms with Gasteiger partial charge in [0.25, 0.3) is 0 Å². The van der Waals surface area contributed by atoms with Crippen molar-refractivity contribution >= 4 is 11.8 Å². The number of alkyl halides is 3. The fourth-order valence-electron chi connectivity index (χ4n) is 1.62. The number of piperazine rings is 1. The molecule has 0 bridgehead atoms. The van der Waals surface area contributed by atoms with Gasteiger partial charge in [-0.1, -0.05) is 0 Å². The third-order valence-corrected chi connectivity index (χ3v) is 2.51. The first-order chi connectivity index (χ1) is 7.83. The largest absolute Gasteiger partial charge is 0.397 e. The Balaban J connectivity index is 2.42. The summed E-state index contributed by atoms with van der Waals surface area (Å²) in [6.07, 6.45) is -5.93. The molecule has 8 heteroatoms.